The number of esters is 1. The summed E-state index contributed by atoms with van der Waals surface area (Å²) in [5.41, 5.74) is 8.64. The summed E-state index contributed by atoms with van der Waals surface area (Å²) in [6.07, 6.45) is 0. The van der Waals surface area contributed by atoms with Crippen LogP contribution in [-0.4, -0.2) is 19.7 Å². The third-order valence-electron chi connectivity index (χ3n) is 4.80. The van der Waals surface area contributed by atoms with Crippen LogP contribution < -0.4 is 15.2 Å². The smallest absolute Gasteiger partial charge is 0.340 e. The Bertz CT molecular complexity index is 1080. The van der Waals surface area contributed by atoms with Crippen molar-refractivity contribution in [2.24, 2.45) is 5.73 Å². The normalized spacial score (nSPS) is 15.9. The molecule has 0 spiro atoms. The van der Waals surface area contributed by atoms with E-state index in [1.165, 1.54) is 0 Å². The SMILES string of the molecule is CCOC(=O)C1=C(N)Oc2c(sc3ccc(C)cc23)C1c1ccc(OC)cc1. The van der Waals surface area contributed by atoms with Crippen molar-refractivity contribution < 1.29 is 19.0 Å². The van der Waals surface area contributed by atoms with Crippen molar-refractivity contribution in [1.82, 2.24) is 0 Å². The van der Waals surface area contributed by atoms with Crippen LogP contribution in [0.1, 0.15) is 28.8 Å². The Morgan fingerprint density at radius 1 is 1.21 bits per heavy atom. The summed E-state index contributed by atoms with van der Waals surface area (Å²) < 4.78 is 17.6. The molecule has 0 amide bonds. The van der Waals surface area contributed by atoms with Crippen LogP contribution >= 0.6 is 11.3 Å². The van der Waals surface area contributed by atoms with E-state index in [0.717, 1.165) is 37.6 Å². The molecule has 3 aromatic rings. The molecule has 1 aromatic heterocycles. The number of carbonyl (C=O) groups is 1. The Balaban J connectivity index is 1.93. The second-order valence-corrected chi connectivity index (χ2v) is 7.69. The van der Waals surface area contributed by atoms with Crippen molar-refractivity contribution in [3.8, 4) is 11.5 Å². The number of ether oxygens (including phenoxy) is 3. The van der Waals surface area contributed by atoms with Gasteiger partial charge in [0.1, 0.15) is 11.3 Å². The molecule has 0 aliphatic carbocycles. The maximum absolute atomic E-state index is 12.7. The molecule has 4 rings (SSSR count). The van der Waals surface area contributed by atoms with Crippen LogP contribution in [0.5, 0.6) is 11.5 Å². The van der Waals surface area contributed by atoms with E-state index in [4.69, 9.17) is 19.9 Å². The molecule has 2 heterocycles. The number of hydrogen-bond donors (Lipinski definition) is 1. The van der Waals surface area contributed by atoms with Crippen LogP contribution in [0.2, 0.25) is 0 Å². The van der Waals surface area contributed by atoms with E-state index < -0.39 is 5.97 Å². The molecule has 1 aliphatic heterocycles. The second-order valence-electron chi connectivity index (χ2n) is 6.60. The lowest BCUT2D eigenvalue weighted by Gasteiger charge is -2.26. The molecule has 1 atom stereocenters. The zero-order valence-corrected chi connectivity index (χ0v) is 16.8. The highest BCUT2D eigenvalue weighted by molar-refractivity contribution is 7.19. The lowest BCUT2D eigenvalue weighted by Crippen LogP contribution is -2.26. The first-order chi connectivity index (χ1) is 13.5. The number of fused-ring (bicyclic) bond motifs is 3. The molecule has 2 aromatic carbocycles. The predicted molar refractivity (Wildman–Crippen MR) is 110 cm³/mol. The monoisotopic (exact) mass is 395 g/mol. The molecule has 5 nitrogen and oxygen atoms in total. The summed E-state index contributed by atoms with van der Waals surface area (Å²) >= 11 is 1.61. The highest BCUT2D eigenvalue weighted by atomic mass is 32.1. The predicted octanol–water partition coefficient (Wildman–Crippen LogP) is 4.48. The fraction of sp³-hybridized carbons (Fsp3) is 0.227. The minimum atomic E-state index is -0.458. The molecule has 0 bridgehead atoms. The standard InChI is InChI=1S/C22H21NO4S/c1-4-26-22(24)18-17(13-6-8-14(25-3)9-7-13)20-19(27-21(18)23)15-11-12(2)5-10-16(15)28-20/h5-11,17H,4,23H2,1-3H3. The molecular formula is C22H21NO4S. The molecule has 28 heavy (non-hydrogen) atoms. The third kappa shape index (κ3) is 2.99. The van der Waals surface area contributed by atoms with Gasteiger partial charge in [0.2, 0.25) is 5.88 Å². The maximum atomic E-state index is 12.7. The Labute approximate surface area is 167 Å². The highest BCUT2D eigenvalue weighted by Gasteiger charge is 2.38. The van der Waals surface area contributed by atoms with Gasteiger partial charge in [-0.25, -0.2) is 4.79 Å². The van der Waals surface area contributed by atoms with Gasteiger partial charge in [0.05, 0.1) is 24.5 Å². The fourth-order valence-electron chi connectivity index (χ4n) is 3.48. The number of rotatable bonds is 4. The van der Waals surface area contributed by atoms with E-state index >= 15 is 0 Å². The van der Waals surface area contributed by atoms with Gasteiger partial charge in [-0.1, -0.05) is 23.8 Å². The average Bonchev–Trinajstić information content (AvgIpc) is 3.04. The number of thiophene rings is 1. The van der Waals surface area contributed by atoms with Crippen molar-refractivity contribution >= 4 is 27.4 Å². The van der Waals surface area contributed by atoms with E-state index in [9.17, 15) is 4.79 Å². The lowest BCUT2D eigenvalue weighted by atomic mass is 9.87. The maximum Gasteiger partial charge on any atom is 0.340 e. The molecule has 0 saturated heterocycles. The molecular weight excluding hydrogens is 374 g/mol. The first-order valence-electron chi connectivity index (χ1n) is 9.05. The average molecular weight is 395 g/mol. The Morgan fingerprint density at radius 3 is 2.64 bits per heavy atom. The minimum absolute atomic E-state index is 0.0907. The lowest BCUT2D eigenvalue weighted by molar-refractivity contribution is -0.139. The topological polar surface area (TPSA) is 70.8 Å². The summed E-state index contributed by atoms with van der Waals surface area (Å²) in [7, 11) is 1.62. The fourth-order valence-corrected chi connectivity index (χ4v) is 4.73. The number of hydrogen-bond acceptors (Lipinski definition) is 6. The summed E-state index contributed by atoms with van der Waals surface area (Å²) in [5, 5.41) is 1.00. The van der Waals surface area contributed by atoms with Gasteiger partial charge in [0.25, 0.3) is 0 Å². The summed E-state index contributed by atoms with van der Waals surface area (Å²) in [6, 6.07) is 13.9. The van der Waals surface area contributed by atoms with Crippen LogP contribution in [0, 0.1) is 6.92 Å². The van der Waals surface area contributed by atoms with Gasteiger partial charge in [0, 0.05) is 10.1 Å². The van der Waals surface area contributed by atoms with Crippen LogP contribution in [-0.2, 0) is 9.53 Å². The Hall–Kier alpha value is -2.99. The highest BCUT2D eigenvalue weighted by Crippen LogP contribution is 2.50. The van der Waals surface area contributed by atoms with Crippen molar-refractivity contribution in [1.29, 1.82) is 0 Å². The molecule has 0 saturated carbocycles. The molecule has 1 unspecified atom stereocenters. The molecule has 0 radical (unpaired) electrons. The van der Waals surface area contributed by atoms with Crippen molar-refractivity contribution in [2.45, 2.75) is 19.8 Å². The van der Waals surface area contributed by atoms with E-state index in [1.807, 2.05) is 31.2 Å². The van der Waals surface area contributed by atoms with Gasteiger partial charge >= 0.3 is 5.97 Å². The van der Waals surface area contributed by atoms with E-state index in [2.05, 4.69) is 18.2 Å². The Kier molecular flexibility index (Phi) is 4.73. The summed E-state index contributed by atoms with van der Waals surface area (Å²) in [6.45, 7) is 4.08. The Morgan fingerprint density at radius 2 is 1.96 bits per heavy atom. The number of benzene rings is 2. The van der Waals surface area contributed by atoms with Gasteiger partial charge in [-0.3, -0.25) is 0 Å². The number of aryl methyl sites for hydroxylation is 1. The number of nitrogens with two attached hydrogens (primary N) is 1. The minimum Gasteiger partial charge on any atom is -0.497 e. The van der Waals surface area contributed by atoms with Crippen molar-refractivity contribution in [3.63, 3.8) is 0 Å². The quantitative estimate of drug-likeness (QED) is 0.660. The van der Waals surface area contributed by atoms with Gasteiger partial charge in [0.15, 0.2) is 5.75 Å². The zero-order valence-electron chi connectivity index (χ0n) is 15.9. The van der Waals surface area contributed by atoms with Gasteiger partial charge in [-0.2, -0.15) is 0 Å². The van der Waals surface area contributed by atoms with Gasteiger partial charge in [-0.15, -0.1) is 11.3 Å². The van der Waals surface area contributed by atoms with Crippen molar-refractivity contribution in [2.75, 3.05) is 13.7 Å². The van der Waals surface area contributed by atoms with Gasteiger partial charge in [-0.05, 0) is 43.7 Å². The molecule has 0 fully saturated rings. The molecule has 1 aliphatic rings. The van der Waals surface area contributed by atoms with Crippen LogP contribution in [0.3, 0.4) is 0 Å². The summed E-state index contributed by atoms with van der Waals surface area (Å²) in [4.78, 5) is 13.7. The van der Waals surface area contributed by atoms with Crippen molar-refractivity contribution in [3.05, 3.63) is 69.9 Å². The third-order valence-corrected chi connectivity index (χ3v) is 6.01. The summed E-state index contributed by atoms with van der Waals surface area (Å²) in [5.74, 6) is 0.743. The largest absolute Gasteiger partial charge is 0.497 e. The van der Waals surface area contributed by atoms with Gasteiger partial charge < -0.3 is 19.9 Å². The van der Waals surface area contributed by atoms with E-state index in [-0.39, 0.29) is 18.4 Å². The molecule has 6 heteroatoms. The van der Waals surface area contributed by atoms with Crippen LogP contribution in [0.15, 0.2) is 53.9 Å². The van der Waals surface area contributed by atoms with Crippen LogP contribution in [0.25, 0.3) is 10.1 Å². The van der Waals surface area contributed by atoms with E-state index in [0.29, 0.717) is 5.57 Å². The van der Waals surface area contributed by atoms with Crippen LogP contribution in [0.4, 0.5) is 0 Å². The first-order valence-corrected chi connectivity index (χ1v) is 9.86. The molecule has 2 N–H and O–H groups in total. The number of carbonyl (C=O) groups excluding carboxylic acids is 1. The molecule has 144 valence electrons. The second kappa shape index (κ2) is 7.20. The number of methoxy groups -OCH3 is 1. The zero-order chi connectivity index (χ0) is 19.8. The van der Waals surface area contributed by atoms with E-state index in [1.54, 1.807) is 25.4 Å². The first kappa shape index (κ1) is 18.4.